The first-order valence-electron chi connectivity index (χ1n) is 8.19. The third-order valence-corrected chi connectivity index (χ3v) is 5.06. The van der Waals surface area contributed by atoms with E-state index in [9.17, 15) is 0 Å². The summed E-state index contributed by atoms with van der Waals surface area (Å²) >= 11 is 0. The molecule has 1 N–H and O–H groups in total. The first-order chi connectivity index (χ1) is 9.71. The van der Waals surface area contributed by atoms with Crippen molar-refractivity contribution in [1.82, 2.24) is 20.0 Å². The highest BCUT2D eigenvalue weighted by Crippen LogP contribution is 2.35. The average Bonchev–Trinajstić information content (AvgIpc) is 2.91. The second-order valence-electron chi connectivity index (χ2n) is 6.74. The third kappa shape index (κ3) is 3.43. The number of hydrogen-bond acceptors (Lipinski definition) is 3. The predicted molar refractivity (Wildman–Crippen MR) is 89.0 cm³/mol. The largest absolute Gasteiger partial charge is 0.314 e. The zero-order valence-electron chi connectivity index (χ0n) is 13.3. The van der Waals surface area contributed by atoms with Crippen LogP contribution in [0.4, 0.5) is 0 Å². The summed E-state index contributed by atoms with van der Waals surface area (Å²) in [6.45, 7) is 8.94. The zero-order chi connectivity index (χ0) is 14.0. The fraction of sp³-hybridized carbons (Fsp3) is 0.812. The molecule has 1 aliphatic heterocycles. The smallest absolute Gasteiger partial charge is 0.0527 e. The molecule has 1 aliphatic carbocycles. The molecule has 1 saturated heterocycles. The quantitative estimate of drug-likeness (QED) is 0.931. The number of nitrogens with zero attached hydrogens (tertiary/aromatic N) is 3. The normalized spacial score (nSPS) is 22.4. The Labute approximate surface area is 134 Å². The van der Waals surface area contributed by atoms with Crippen molar-refractivity contribution in [3.63, 3.8) is 0 Å². The first-order valence-corrected chi connectivity index (χ1v) is 8.19. The summed E-state index contributed by atoms with van der Waals surface area (Å²) < 4.78 is 2.18. The van der Waals surface area contributed by atoms with Crippen molar-refractivity contribution in [2.75, 3.05) is 19.6 Å². The molecule has 0 atom stereocenters. The summed E-state index contributed by atoms with van der Waals surface area (Å²) in [6, 6.07) is 2.64. The van der Waals surface area contributed by atoms with Gasteiger partial charge in [0.25, 0.3) is 0 Å². The molecule has 3 rings (SSSR count). The van der Waals surface area contributed by atoms with Crippen LogP contribution >= 0.6 is 12.4 Å². The Balaban J connectivity index is 0.00000161. The number of piperazine rings is 1. The van der Waals surface area contributed by atoms with E-state index in [4.69, 9.17) is 0 Å². The first kappa shape index (κ1) is 16.8. The summed E-state index contributed by atoms with van der Waals surface area (Å²) in [7, 11) is 0. The molecule has 2 heterocycles. The molecule has 4 nitrogen and oxygen atoms in total. The maximum Gasteiger partial charge on any atom is 0.0527 e. The van der Waals surface area contributed by atoms with E-state index >= 15 is 0 Å². The van der Waals surface area contributed by atoms with Gasteiger partial charge in [-0.3, -0.25) is 9.58 Å². The molecule has 0 unspecified atom stereocenters. The summed E-state index contributed by atoms with van der Waals surface area (Å²) in [4.78, 5) is 2.73. The van der Waals surface area contributed by atoms with Crippen LogP contribution in [0.1, 0.15) is 57.7 Å². The van der Waals surface area contributed by atoms with Crippen LogP contribution in [0.5, 0.6) is 0 Å². The summed E-state index contributed by atoms with van der Waals surface area (Å²) in [5, 5.41) is 8.12. The van der Waals surface area contributed by atoms with Gasteiger partial charge in [-0.2, -0.15) is 5.10 Å². The second kappa shape index (κ2) is 7.12. The lowest BCUT2D eigenvalue weighted by molar-refractivity contribution is 0.0187. The molecule has 0 radical (unpaired) electrons. The van der Waals surface area contributed by atoms with Gasteiger partial charge in [-0.25, -0.2) is 0 Å². The molecule has 2 fully saturated rings. The molecule has 0 bridgehead atoms. The van der Waals surface area contributed by atoms with Gasteiger partial charge in [-0.05, 0) is 32.8 Å². The van der Waals surface area contributed by atoms with Crippen molar-refractivity contribution in [1.29, 1.82) is 0 Å². The van der Waals surface area contributed by atoms with Crippen LogP contribution in [0, 0.1) is 0 Å². The number of nitrogens with one attached hydrogen (secondary N) is 1. The average molecular weight is 313 g/mol. The Morgan fingerprint density at radius 3 is 2.76 bits per heavy atom. The van der Waals surface area contributed by atoms with Gasteiger partial charge in [0.1, 0.15) is 0 Å². The summed E-state index contributed by atoms with van der Waals surface area (Å²) in [6.07, 6.45) is 8.86. The predicted octanol–water partition coefficient (Wildman–Crippen LogP) is 2.99. The van der Waals surface area contributed by atoms with Crippen LogP contribution < -0.4 is 5.32 Å². The lowest BCUT2D eigenvalue weighted by Crippen LogP contribution is -2.61. The van der Waals surface area contributed by atoms with E-state index in [1.807, 2.05) is 6.20 Å². The highest BCUT2D eigenvalue weighted by atomic mass is 35.5. The SMILES string of the molecule is CC(C)n1nccc1CN1CCNCC12CCCCC2.Cl. The minimum Gasteiger partial charge on any atom is -0.314 e. The Morgan fingerprint density at radius 2 is 2.05 bits per heavy atom. The van der Waals surface area contributed by atoms with Gasteiger partial charge in [0, 0.05) is 44.0 Å². The van der Waals surface area contributed by atoms with Crippen LogP contribution in [0.2, 0.25) is 0 Å². The highest BCUT2D eigenvalue weighted by Gasteiger charge is 2.39. The van der Waals surface area contributed by atoms with E-state index in [1.54, 1.807) is 0 Å². The van der Waals surface area contributed by atoms with E-state index in [0.717, 1.165) is 13.1 Å². The number of aromatic nitrogens is 2. The molecule has 1 saturated carbocycles. The van der Waals surface area contributed by atoms with Crippen LogP contribution in [-0.2, 0) is 6.54 Å². The third-order valence-electron chi connectivity index (χ3n) is 5.06. The molecular formula is C16H29ClN4. The fourth-order valence-electron chi connectivity index (χ4n) is 3.96. The molecule has 0 aromatic carbocycles. The van der Waals surface area contributed by atoms with E-state index < -0.39 is 0 Å². The van der Waals surface area contributed by atoms with Gasteiger partial charge in [0.2, 0.25) is 0 Å². The van der Waals surface area contributed by atoms with Crippen molar-refractivity contribution >= 4 is 12.4 Å². The highest BCUT2D eigenvalue weighted by molar-refractivity contribution is 5.85. The molecule has 2 aliphatic rings. The monoisotopic (exact) mass is 312 g/mol. The van der Waals surface area contributed by atoms with Gasteiger partial charge in [0.05, 0.1) is 5.69 Å². The van der Waals surface area contributed by atoms with Gasteiger partial charge in [-0.15, -0.1) is 12.4 Å². The molecular weight excluding hydrogens is 284 g/mol. The maximum absolute atomic E-state index is 4.49. The van der Waals surface area contributed by atoms with Crippen molar-refractivity contribution < 1.29 is 0 Å². The molecule has 120 valence electrons. The molecule has 1 spiro atoms. The van der Waals surface area contributed by atoms with Crippen LogP contribution in [0.3, 0.4) is 0 Å². The van der Waals surface area contributed by atoms with Gasteiger partial charge in [-0.1, -0.05) is 19.3 Å². The van der Waals surface area contributed by atoms with Crippen LogP contribution in [0.25, 0.3) is 0 Å². The van der Waals surface area contributed by atoms with E-state index in [1.165, 1.54) is 50.9 Å². The van der Waals surface area contributed by atoms with Gasteiger partial charge >= 0.3 is 0 Å². The summed E-state index contributed by atoms with van der Waals surface area (Å²) in [5.74, 6) is 0. The fourth-order valence-corrected chi connectivity index (χ4v) is 3.96. The van der Waals surface area contributed by atoms with E-state index in [0.29, 0.717) is 11.6 Å². The molecule has 1 aromatic rings. The molecule has 0 amide bonds. The van der Waals surface area contributed by atoms with Crippen LogP contribution in [0.15, 0.2) is 12.3 Å². The second-order valence-corrected chi connectivity index (χ2v) is 6.74. The zero-order valence-corrected chi connectivity index (χ0v) is 14.2. The Bertz CT molecular complexity index is 429. The maximum atomic E-state index is 4.49. The van der Waals surface area contributed by atoms with Crippen molar-refractivity contribution in [2.45, 2.75) is 64.1 Å². The Kier molecular flexibility index (Phi) is 5.69. The number of rotatable bonds is 3. The van der Waals surface area contributed by atoms with Gasteiger partial charge in [0.15, 0.2) is 0 Å². The number of hydrogen-bond donors (Lipinski definition) is 1. The lowest BCUT2D eigenvalue weighted by Gasteiger charge is -2.50. The minimum absolute atomic E-state index is 0. The topological polar surface area (TPSA) is 33.1 Å². The van der Waals surface area contributed by atoms with E-state index in [2.05, 4.69) is 39.9 Å². The Hall–Kier alpha value is -0.580. The molecule has 21 heavy (non-hydrogen) atoms. The lowest BCUT2D eigenvalue weighted by atomic mass is 9.79. The van der Waals surface area contributed by atoms with Crippen molar-refractivity contribution in [3.05, 3.63) is 18.0 Å². The van der Waals surface area contributed by atoms with Crippen molar-refractivity contribution in [2.24, 2.45) is 0 Å². The molecule has 1 aromatic heterocycles. The van der Waals surface area contributed by atoms with E-state index in [-0.39, 0.29) is 12.4 Å². The van der Waals surface area contributed by atoms with Gasteiger partial charge < -0.3 is 5.32 Å². The summed E-state index contributed by atoms with van der Waals surface area (Å²) in [5.41, 5.74) is 1.77. The molecule has 5 heteroatoms. The van der Waals surface area contributed by atoms with Crippen LogP contribution in [-0.4, -0.2) is 39.9 Å². The number of halogens is 1. The minimum atomic E-state index is 0. The Morgan fingerprint density at radius 1 is 1.29 bits per heavy atom. The standard InChI is InChI=1S/C16H28N4.ClH/c1-14(2)20-15(6-9-18-20)12-19-11-10-17-13-16(19)7-4-3-5-8-16;/h6,9,14,17H,3-5,7-8,10-13H2,1-2H3;1H. The van der Waals surface area contributed by atoms with Crippen molar-refractivity contribution in [3.8, 4) is 0 Å².